The fourth-order valence-corrected chi connectivity index (χ4v) is 1.44. The number of carboxylic acids is 1. The first-order valence-corrected chi connectivity index (χ1v) is 5.88. The third-order valence-electron chi connectivity index (χ3n) is 2.96. The van der Waals surface area contributed by atoms with E-state index in [0.717, 1.165) is 6.07 Å². The van der Waals surface area contributed by atoms with Gasteiger partial charge in [-0.2, -0.15) is 13.2 Å². The van der Waals surface area contributed by atoms with Crippen LogP contribution in [0.4, 0.5) is 13.2 Å². The van der Waals surface area contributed by atoms with Crippen molar-refractivity contribution < 1.29 is 27.9 Å². The molecule has 9 heteroatoms. The lowest BCUT2D eigenvalue weighted by atomic mass is 10.0. The van der Waals surface area contributed by atoms with Crippen molar-refractivity contribution in [1.82, 2.24) is 10.3 Å². The summed E-state index contributed by atoms with van der Waals surface area (Å²) in [6.45, 7) is 2.76. The molecule has 0 aromatic carbocycles. The molecule has 3 N–H and O–H groups in total. The number of carbonyl (C=O) groups excluding carboxylic acids is 1. The number of carbonyl (C=O) groups is 2. The van der Waals surface area contributed by atoms with E-state index < -0.39 is 46.8 Å². The Morgan fingerprint density at radius 3 is 2.29 bits per heavy atom. The average molecular weight is 306 g/mol. The van der Waals surface area contributed by atoms with Gasteiger partial charge < -0.3 is 15.4 Å². The molecule has 116 valence electrons. The van der Waals surface area contributed by atoms with E-state index in [-0.39, 0.29) is 0 Å². The highest BCUT2D eigenvalue weighted by Crippen LogP contribution is 2.26. The van der Waals surface area contributed by atoms with Gasteiger partial charge in [0.2, 0.25) is 0 Å². The van der Waals surface area contributed by atoms with E-state index >= 15 is 0 Å². The number of alkyl halides is 3. The van der Waals surface area contributed by atoms with E-state index in [1.165, 1.54) is 13.8 Å². The molecule has 21 heavy (non-hydrogen) atoms. The van der Waals surface area contributed by atoms with Gasteiger partial charge in [0.25, 0.3) is 11.5 Å². The Morgan fingerprint density at radius 2 is 1.86 bits per heavy atom. The number of nitrogens with one attached hydrogen (secondary N) is 2. The van der Waals surface area contributed by atoms with Gasteiger partial charge in [-0.05, 0) is 26.0 Å². The number of aromatic nitrogens is 1. The molecule has 0 spiro atoms. The van der Waals surface area contributed by atoms with Gasteiger partial charge in [0, 0.05) is 6.04 Å². The van der Waals surface area contributed by atoms with E-state index in [1.807, 2.05) is 0 Å². The number of pyridine rings is 1. The smallest absolute Gasteiger partial charge is 0.431 e. The van der Waals surface area contributed by atoms with Gasteiger partial charge in [0.05, 0.1) is 5.92 Å². The first kappa shape index (κ1) is 16.7. The van der Waals surface area contributed by atoms with E-state index in [1.54, 1.807) is 4.98 Å². The summed E-state index contributed by atoms with van der Waals surface area (Å²) in [5, 5.41) is 11.0. The molecule has 0 aliphatic carbocycles. The Bertz CT molecular complexity index is 609. The molecular formula is C12H13F3N2O4. The third kappa shape index (κ3) is 4.07. The van der Waals surface area contributed by atoms with Crippen LogP contribution in [0.3, 0.4) is 0 Å². The lowest BCUT2D eigenvalue weighted by Crippen LogP contribution is -2.41. The molecule has 0 bridgehead atoms. The summed E-state index contributed by atoms with van der Waals surface area (Å²) in [6, 6.07) is 0.521. The number of carboxylic acid groups (broad SMARTS) is 1. The van der Waals surface area contributed by atoms with Crippen LogP contribution in [0.25, 0.3) is 0 Å². The molecule has 0 fully saturated rings. The summed E-state index contributed by atoms with van der Waals surface area (Å²) in [5.74, 6) is -3.00. The van der Waals surface area contributed by atoms with Crippen molar-refractivity contribution in [2.75, 3.05) is 0 Å². The zero-order chi connectivity index (χ0) is 16.4. The Hall–Kier alpha value is -2.32. The van der Waals surface area contributed by atoms with Gasteiger partial charge in [0.15, 0.2) is 0 Å². The summed E-state index contributed by atoms with van der Waals surface area (Å²) in [5.41, 5.74) is -2.99. The molecule has 1 aromatic heterocycles. The maximum absolute atomic E-state index is 12.4. The van der Waals surface area contributed by atoms with Crippen LogP contribution < -0.4 is 10.9 Å². The second-order valence-electron chi connectivity index (χ2n) is 4.50. The van der Waals surface area contributed by atoms with Crippen LogP contribution in [0, 0.1) is 5.92 Å². The summed E-state index contributed by atoms with van der Waals surface area (Å²) in [6.07, 6.45) is -4.72. The normalized spacial score (nSPS) is 14.3. The number of aliphatic carboxylic acids is 1. The Balaban J connectivity index is 2.95. The standard InChI is InChI=1S/C12H13F3N2O4/c1-5(11(20)21)6(2)16-9(18)7-3-4-8(12(13,14)15)17-10(7)19/h3-6H,1-2H3,(H,16,18)(H,17,19)(H,20,21). The molecule has 0 aliphatic rings. The number of hydrogen-bond donors (Lipinski definition) is 3. The van der Waals surface area contributed by atoms with Crippen LogP contribution in [-0.4, -0.2) is 28.0 Å². The second-order valence-corrected chi connectivity index (χ2v) is 4.50. The predicted molar refractivity (Wildman–Crippen MR) is 65.8 cm³/mol. The van der Waals surface area contributed by atoms with E-state index in [4.69, 9.17) is 5.11 Å². The summed E-state index contributed by atoms with van der Waals surface area (Å²) in [4.78, 5) is 35.5. The van der Waals surface area contributed by atoms with E-state index in [2.05, 4.69) is 5.32 Å². The summed E-state index contributed by atoms with van der Waals surface area (Å²) < 4.78 is 37.1. The molecule has 1 amide bonds. The maximum atomic E-state index is 12.4. The summed E-state index contributed by atoms with van der Waals surface area (Å²) in [7, 11) is 0. The van der Waals surface area contributed by atoms with Crippen molar-refractivity contribution in [3.63, 3.8) is 0 Å². The number of hydrogen-bond acceptors (Lipinski definition) is 3. The largest absolute Gasteiger partial charge is 0.481 e. The number of halogens is 3. The molecule has 2 unspecified atom stereocenters. The Morgan fingerprint density at radius 1 is 1.29 bits per heavy atom. The van der Waals surface area contributed by atoms with Gasteiger partial charge >= 0.3 is 12.1 Å². The SMILES string of the molecule is CC(NC(=O)c1ccc(C(F)(F)F)[nH]c1=O)C(C)C(=O)O. The molecule has 0 aliphatic heterocycles. The lowest BCUT2D eigenvalue weighted by Gasteiger charge is -2.17. The highest BCUT2D eigenvalue weighted by molar-refractivity contribution is 5.94. The van der Waals surface area contributed by atoms with Crippen molar-refractivity contribution in [3.05, 3.63) is 33.7 Å². The number of amides is 1. The van der Waals surface area contributed by atoms with Crippen molar-refractivity contribution >= 4 is 11.9 Å². The van der Waals surface area contributed by atoms with E-state index in [9.17, 15) is 27.6 Å². The molecule has 0 radical (unpaired) electrons. The summed E-state index contributed by atoms with van der Waals surface area (Å²) >= 11 is 0. The zero-order valence-corrected chi connectivity index (χ0v) is 11.1. The third-order valence-corrected chi connectivity index (χ3v) is 2.96. The van der Waals surface area contributed by atoms with Gasteiger partial charge in [-0.3, -0.25) is 14.4 Å². The second kappa shape index (κ2) is 5.98. The molecule has 0 saturated heterocycles. The number of rotatable bonds is 4. The zero-order valence-electron chi connectivity index (χ0n) is 11.1. The van der Waals surface area contributed by atoms with Crippen LogP contribution >= 0.6 is 0 Å². The van der Waals surface area contributed by atoms with Gasteiger partial charge in [0.1, 0.15) is 11.3 Å². The van der Waals surface area contributed by atoms with Crippen LogP contribution in [0.15, 0.2) is 16.9 Å². The van der Waals surface area contributed by atoms with Crippen LogP contribution in [0.5, 0.6) is 0 Å². The van der Waals surface area contributed by atoms with Crippen molar-refractivity contribution in [1.29, 1.82) is 0 Å². The molecule has 1 heterocycles. The highest BCUT2D eigenvalue weighted by atomic mass is 19.4. The fraction of sp³-hybridized carbons (Fsp3) is 0.417. The molecular weight excluding hydrogens is 293 g/mol. The van der Waals surface area contributed by atoms with Crippen LogP contribution in [-0.2, 0) is 11.0 Å². The minimum Gasteiger partial charge on any atom is -0.481 e. The topological polar surface area (TPSA) is 99.3 Å². The molecule has 1 aromatic rings. The molecule has 0 saturated carbocycles. The van der Waals surface area contributed by atoms with Gasteiger partial charge in [-0.1, -0.05) is 0 Å². The predicted octanol–water partition coefficient (Wildman–Crippen LogP) is 1.23. The number of H-pyrrole nitrogens is 1. The van der Waals surface area contributed by atoms with Crippen molar-refractivity contribution in [2.45, 2.75) is 26.1 Å². The first-order chi connectivity index (χ1) is 9.54. The minimum absolute atomic E-state index is 0.521. The molecule has 1 rings (SSSR count). The Labute approximate surface area is 117 Å². The monoisotopic (exact) mass is 306 g/mol. The highest BCUT2D eigenvalue weighted by Gasteiger charge is 2.32. The van der Waals surface area contributed by atoms with Crippen molar-refractivity contribution in [3.8, 4) is 0 Å². The average Bonchev–Trinajstić information content (AvgIpc) is 2.36. The van der Waals surface area contributed by atoms with Crippen molar-refractivity contribution in [2.24, 2.45) is 5.92 Å². The quantitative estimate of drug-likeness (QED) is 0.779. The minimum atomic E-state index is -4.72. The van der Waals surface area contributed by atoms with Gasteiger partial charge in [-0.25, -0.2) is 0 Å². The van der Waals surface area contributed by atoms with E-state index in [0.29, 0.717) is 6.07 Å². The fourth-order valence-electron chi connectivity index (χ4n) is 1.44. The first-order valence-electron chi connectivity index (χ1n) is 5.88. The van der Waals surface area contributed by atoms with Crippen LogP contribution in [0.2, 0.25) is 0 Å². The maximum Gasteiger partial charge on any atom is 0.431 e. The van der Waals surface area contributed by atoms with Crippen LogP contribution in [0.1, 0.15) is 29.9 Å². The molecule has 2 atom stereocenters. The number of aromatic amines is 1. The molecule has 6 nitrogen and oxygen atoms in total. The Kier molecular flexibility index (Phi) is 4.77. The lowest BCUT2D eigenvalue weighted by molar-refractivity contribution is -0.142. The van der Waals surface area contributed by atoms with Gasteiger partial charge in [-0.15, -0.1) is 0 Å².